The largest absolute Gasteiger partial charge is 0.406 e. The number of thioether (sulfide) groups is 1. The first-order valence-electron chi connectivity index (χ1n) is 9.41. The van der Waals surface area contributed by atoms with Crippen molar-refractivity contribution >= 4 is 17.7 Å². The number of nitrogens with zero attached hydrogens (tertiary/aromatic N) is 2. The van der Waals surface area contributed by atoms with Crippen LogP contribution in [0.2, 0.25) is 0 Å². The minimum absolute atomic E-state index is 0.0507. The molecule has 1 aliphatic carbocycles. The second-order valence-corrected chi connectivity index (χ2v) is 8.25. The normalized spacial score (nSPS) is 20.1. The third kappa shape index (κ3) is 5.77. The number of hydrogen-bond donors (Lipinski definition) is 1. The Hall–Kier alpha value is -1.96. The third-order valence-electron chi connectivity index (χ3n) is 4.94. The predicted octanol–water partition coefficient (Wildman–Crippen LogP) is 4.90. The number of halogens is 3. The summed E-state index contributed by atoms with van der Waals surface area (Å²) in [7, 11) is 0. The number of carbonyl (C=O) groups excluding carboxylic acids is 1. The van der Waals surface area contributed by atoms with Crippen molar-refractivity contribution in [2.75, 3.05) is 5.75 Å². The molecule has 1 aliphatic rings. The lowest BCUT2D eigenvalue weighted by Crippen LogP contribution is -2.38. The quantitative estimate of drug-likeness (QED) is 0.688. The molecule has 1 heterocycles. The lowest BCUT2D eigenvalue weighted by molar-refractivity contribution is -0.141. The molecule has 0 aliphatic heterocycles. The molecular weight excluding hydrogens is 387 g/mol. The van der Waals surface area contributed by atoms with Crippen LogP contribution in [0.4, 0.5) is 13.2 Å². The number of amides is 1. The van der Waals surface area contributed by atoms with Gasteiger partial charge < -0.3 is 9.88 Å². The van der Waals surface area contributed by atoms with Crippen LogP contribution in [0.3, 0.4) is 0 Å². The monoisotopic (exact) mass is 411 g/mol. The molecule has 4 nitrogen and oxygen atoms in total. The zero-order valence-electron chi connectivity index (χ0n) is 15.7. The van der Waals surface area contributed by atoms with Gasteiger partial charge in [0.05, 0.1) is 17.6 Å². The summed E-state index contributed by atoms with van der Waals surface area (Å²) < 4.78 is 40.4. The van der Waals surface area contributed by atoms with Gasteiger partial charge in [0, 0.05) is 6.04 Å². The van der Waals surface area contributed by atoms with Crippen LogP contribution in [0.5, 0.6) is 0 Å². The Morgan fingerprint density at radius 3 is 2.54 bits per heavy atom. The van der Waals surface area contributed by atoms with Gasteiger partial charge in [0.25, 0.3) is 0 Å². The van der Waals surface area contributed by atoms with Crippen molar-refractivity contribution < 1.29 is 18.0 Å². The zero-order chi connectivity index (χ0) is 20.1. The molecule has 0 bridgehead atoms. The molecule has 28 heavy (non-hydrogen) atoms. The van der Waals surface area contributed by atoms with Gasteiger partial charge in [-0.15, -0.1) is 0 Å². The number of aromatic nitrogens is 2. The van der Waals surface area contributed by atoms with E-state index in [1.807, 2.05) is 0 Å². The molecule has 1 N–H and O–H groups in total. The number of carbonyl (C=O) groups is 1. The standard InChI is InChI=1S/C20H24F3N3OS/c1-14-7-9-16(10-8-14)25-18(27)12-28-19-24-11-17(15-5-3-2-4-6-15)26(19)13-20(21,22)23/h2-6,11,14,16H,7-10,12-13H2,1H3,(H,25,27). The number of nitrogens with one attached hydrogen (secondary N) is 1. The van der Waals surface area contributed by atoms with E-state index in [-0.39, 0.29) is 22.9 Å². The van der Waals surface area contributed by atoms with Gasteiger partial charge in [-0.2, -0.15) is 13.2 Å². The van der Waals surface area contributed by atoms with Crippen LogP contribution in [0, 0.1) is 5.92 Å². The Labute approximate surface area is 166 Å². The minimum Gasteiger partial charge on any atom is -0.353 e. The van der Waals surface area contributed by atoms with Gasteiger partial charge in [-0.05, 0) is 37.2 Å². The van der Waals surface area contributed by atoms with Crippen molar-refractivity contribution in [3.05, 3.63) is 36.5 Å². The zero-order valence-corrected chi connectivity index (χ0v) is 16.5. The molecule has 8 heteroatoms. The highest BCUT2D eigenvalue weighted by molar-refractivity contribution is 7.99. The molecule has 1 amide bonds. The first-order chi connectivity index (χ1) is 13.3. The molecule has 152 valence electrons. The number of imidazole rings is 1. The molecule has 1 saturated carbocycles. The van der Waals surface area contributed by atoms with Crippen LogP contribution < -0.4 is 5.32 Å². The Balaban J connectivity index is 1.67. The van der Waals surface area contributed by atoms with E-state index in [4.69, 9.17) is 0 Å². The molecule has 2 aromatic rings. The van der Waals surface area contributed by atoms with E-state index in [2.05, 4.69) is 17.2 Å². The van der Waals surface area contributed by atoms with Crippen molar-refractivity contribution in [1.82, 2.24) is 14.9 Å². The first kappa shape index (κ1) is 20.8. The van der Waals surface area contributed by atoms with Crippen LogP contribution >= 0.6 is 11.8 Å². The highest BCUT2D eigenvalue weighted by Crippen LogP contribution is 2.30. The van der Waals surface area contributed by atoms with Gasteiger partial charge in [0.2, 0.25) is 5.91 Å². The third-order valence-corrected chi connectivity index (χ3v) is 5.93. The lowest BCUT2D eigenvalue weighted by atomic mass is 9.87. The van der Waals surface area contributed by atoms with Gasteiger partial charge in [-0.1, -0.05) is 49.0 Å². The smallest absolute Gasteiger partial charge is 0.353 e. The summed E-state index contributed by atoms with van der Waals surface area (Å²) in [5.74, 6) is 0.580. The fourth-order valence-corrected chi connectivity index (χ4v) is 4.24. The summed E-state index contributed by atoms with van der Waals surface area (Å²) in [4.78, 5) is 16.4. The van der Waals surface area contributed by atoms with Crippen molar-refractivity contribution in [2.45, 2.75) is 56.5 Å². The molecule has 1 aromatic heterocycles. The molecule has 0 atom stereocenters. The molecule has 1 aromatic carbocycles. The predicted molar refractivity (Wildman–Crippen MR) is 104 cm³/mol. The van der Waals surface area contributed by atoms with Crippen LogP contribution in [0.15, 0.2) is 41.7 Å². The Bertz CT molecular complexity index is 784. The second kappa shape index (κ2) is 9.03. The molecule has 1 fully saturated rings. The summed E-state index contributed by atoms with van der Waals surface area (Å²) >= 11 is 1.04. The van der Waals surface area contributed by atoms with E-state index >= 15 is 0 Å². The van der Waals surface area contributed by atoms with Crippen LogP contribution in [0.25, 0.3) is 11.3 Å². The molecular formula is C20H24F3N3OS. The summed E-state index contributed by atoms with van der Waals surface area (Å²) in [6, 6.07) is 9.00. The molecule has 0 spiro atoms. The van der Waals surface area contributed by atoms with E-state index in [0.717, 1.165) is 42.0 Å². The Morgan fingerprint density at radius 1 is 1.21 bits per heavy atom. The molecule has 0 saturated heterocycles. The average molecular weight is 411 g/mol. The van der Waals surface area contributed by atoms with Crippen molar-refractivity contribution in [1.29, 1.82) is 0 Å². The van der Waals surface area contributed by atoms with Crippen molar-refractivity contribution in [2.24, 2.45) is 5.92 Å². The fourth-order valence-electron chi connectivity index (χ4n) is 3.45. The summed E-state index contributed by atoms with van der Waals surface area (Å²) in [6.07, 6.45) is 1.16. The summed E-state index contributed by atoms with van der Waals surface area (Å²) in [5, 5.41) is 3.19. The maximum absolute atomic E-state index is 13.1. The van der Waals surface area contributed by atoms with Crippen molar-refractivity contribution in [3.8, 4) is 11.3 Å². The number of alkyl halides is 3. The van der Waals surface area contributed by atoms with E-state index in [9.17, 15) is 18.0 Å². The van der Waals surface area contributed by atoms with Crippen LogP contribution in [-0.2, 0) is 11.3 Å². The summed E-state index contributed by atoms with van der Waals surface area (Å²) in [5.41, 5.74) is 1.05. The topological polar surface area (TPSA) is 46.9 Å². The number of rotatable bonds is 6. The van der Waals surface area contributed by atoms with Crippen molar-refractivity contribution in [3.63, 3.8) is 0 Å². The minimum atomic E-state index is -4.37. The molecule has 0 radical (unpaired) electrons. The van der Waals surface area contributed by atoms with Crippen LogP contribution in [0.1, 0.15) is 32.6 Å². The van der Waals surface area contributed by atoms with Crippen LogP contribution in [-0.4, -0.2) is 33.4 Å². The van der Waals surface area contributed by atoms with Gasteiger partial charge in [-0.25, -0.2) is 4.98 Å². The van der Waals surface area contributed by atoms with E-state index in [1.54, 1.807) is 30.3 Å². The maximum atomic E-state index is 13.1. The maximum Gasteiger partial charge on any atom is 0.406 e. The summed E-state index contributed by atoms with van der Waals surface area (Å²) in [6.45, 7) is 1.07. The lowest BCUT2D eigenvalue weighted by Gasteiger charge is -2.26. The Morgan fingerprint density at radius 2 is 1.89 bits per heavy atom. The Kier molecular flexibility index (Phi) is 6.69. The molecule has 3 rings (SSSR count). The number of hydrogen-bond acceptors (Lipinski definition) is 3. The average Bonchev–Trinajstić information content (AvgIpc) is 3.03. The van der Waals surface area contributed by atoms with Gasteiger partial charge in [0.15, 0.2) is 5.16 Å². The highest BCUT2D eigenvalue weighted by Gasteiger charge is 2.31. The number of benzene rings is 1. The molecule has 0 unspecified atom stereocenters. The van der Waals surface area contributed by atoms with Gasteiger partial charge >= 0.3 is 6.18 Å². The second-order valence-electron chi connectivity index (χ2n) is 7.31. The van der Waals surface area contributed by atoms with Gasteiger partial charge in [0.1, 0.15) is 6.54 Å². The first-order valence-corrected chi connectivity index (χ1v) is 10.4. The fraction of sp³-hybridized carbons (Fsp3) is 0.500. The van der Waals surface area contributed by atoms with E-state index in [1.165, 1.54) is 6.20 Å². The SMILES string of the molecule is CC1CCC(NC(=O)CSc2ncc(-c3ccccc3)n2CC(F)(F)F)CC1. The van der Waals surface area contributed by atoms with Gasteiger partial charge in [-0.3, -0.25) is 4.79 Å². The highest BCUT2D eigenvalue weighted by atomic mass is 32.2. The van der Waals surface area contributed by atoms with E-state index < -0.39 is 12.7 Å². The van der Waals surface area contributed by atoms with E-state index in [0.29, 0.717) is 17.2 Å².